The smallest absolute Gasteiger partial charge is 0.311 e. The maximum atomic E-state index is 12.5. The number of carbonyl (C=O) groups excluding carboxylic acids is 2. The molecule has 6 nitrogen and oxygen atoms in total. The molecule has 0 aromatic heterocycles. The van der Waals surface area contributed by atoms with Crippen molar-refractivity contribution < 1.29 is 19.1 Å². The lowest BCUT2D eigenvalue weighted by atomic mass is 9.77. The fourth-order valence-electron chi connectivity index (χ4n) is 4.62. The summed E-state index contributed by atoms with van der Waals surface area (Å²) in [5.74, 6) is -0.0385. The van der Waals surface area contributed by atoms with Gasteiger partial charge in [0.2, 0.25) is 0 Å². The lowest BCUT2D eigenvalue weighted by Crippen LogP contribution is -2.35. The van der Waals surface area contributed by atoms with Gasteiger partial charge in [0.1, 0.15) is 0 Å². The van der Waals surface area contributed by atoms with Crippen molar-refractivity contribution in [1.82, 2.24) is 4.90 Å². The summed E-state index contributed by atoms with van der Waals surface area (Å²) in [6.07, 6.45) is 3.59. The summed E-state index contributed by atoms with van der Waals surface area (Å²) in [5.41, 5.74) is 11.2. The summed E-state index contributed by atoms with van der Waals surface area (Å²) in [5, 5.41) is 0. The Labute approximate surface area is 183 Å². The molecule has 4 rings (SSSR count). The fourth-order valence-corrected chi connectivity index (χ4v) is 4.62. The minimum absolute atomic E-state index is 0.226. The number of nitrogens with two attached hydrogens (primary N) is 1. The molecular weight excluding hydrogens is 392 g/mol. The monoisotopic (exact) mass is 422 g/mol. The average molecular weight is 423 g/mol. The zero-order chi connectivity index (χ0) is 22.0. The summed E-state index contributed by atoms with van der Waals surface area (Å²) in [4.78, 5) is 27.2. The molecule has 0 fully saturated rings. The number of esters is 2. The van der Waals surface area contributed by atoms with Crippen molar-refractivity contribution in [3.8, 4) is 22.6 Å². The second-order valence-corrected chi connectivity index (χ2v) is 8.35. The van der Waals surface area contributed by atoms with Crippen LogP contribution in [0.15, 0.2) is 30.3 Å². The van der Waals surface area contributed by atoms with E-state index in [0.717, 1.165) is 36.1 Å². The fraction of sp³-hybridized carbons (Fsp3) is 0.440. The van der Waals surface area contributed by atoms with Gasteiger partial charge in [-0.2, -0.15) is 0 Å². The first kappa shape index (κ1) is 21.5. The van der Waals surface area contributed by atoms with Crippen molar-refractivity contribution >= 4 is 11.9 Å². The Balaban J connectivity index is 1.83. The third kappa shape index (κ3) is 4.23. The van der Waals surface area contributed by atoms with Crippen molar-refractivity contribution in [2.24, 2.45) is 5.73 Å². The van der Waals surface area contributed by atoms with Crippen molar-refractivity contribution in [2.45, 2.75) is 51.5 Å². The van der Waals surface area contributed by atoms with Crippen LogP contribution in [0.3, 0.4) is 0 Å². The summed E-state index contributed by atoms with van der Waals surface area (Å²) >= 11 is 0. The van der Waals surface area contributed by atoms with Gasteiger partial charge in [0.15, 0.2) is 11.5 Å². The van der Waals surface area contributed by atoms with Gasteiger partial charge in [-0.15, -0.1) is 0 Å². The Morgan fingerprint density at radius 3 is 2.68 bits per heavy atom. The van der Waals surface area contributed by atoms with E-state index in [2.05, 4.69) is 30.1 Å². The molecule has 164 valence electrons. The number of hydrogen-bond acceptors (Lipinski definition) is 6. The molecule has 1 unspecified atom stereocenters. The molecule has 31 heavy (non-hydrogen) atoms. The normalized spacial score (nSPS) is 16.9. The van der Waals surface area contributed by atoms with Gasteiger partial charge >= 0.3 is 11.9 Å². The molecule has 2 N–H and O–H groups in total. The molecule has 2 aromatic carbocycles. The molecule has 0 saturated carbocycles. The Morgan fingerprint density at radius 2 is 1.90 bits per heavy atom. The summed E-state index contributed by atoms with van der Waals surface area (Å²) in [6.45, 7) is 3.37. The lowest BCUT2D eigenvalue weighted by Gasteiger charge is -2.40. The summed E-state index contributed by atoms with van der Waals surface area (Å²) < 4.78 is 11.5. The van der Waals surface area contributed by atoms with Gasteiger partial charge in [-0.1, -0.05) is 31.2 Å². The SMILES string of the molecule is CCCC(=O)Oc1c(OC(=O)CCCN)ccc2c1-c1cccc3c1C(C2)N(C)CC3. The van der Waals surface area contributed by atoms with Gasteiger partial charge in [-0.3, -0.25) is 14.5 Å². The number of benzene rings is 2. The lowest BCUT2D eigenvalue weighted by molar-refractivity contribution is -0.137. The third-order valence-corrected chi connectivity index (χ3v) is 6.16. The van der Waals surface area contributed by atoms with Gasteiger partial charge in [-0.05, 0) is 67.6 Å². The van der Waals surface area contributed by atoms with Crippen LogP contribution in [-0.2, 0) is 22.4 Å². The highest BCUT2D eigenvalue weighted by Crippen LogP contribution is 2.50. The number of ether oxygens (including phenoxy) is 2. The van der Waals surface area contributed by atoms with Crippen LogP contribution in [0.25, 0.3) is 11.1 Å². The van der Waals surface area contributed by atoms with Crippen LogP contribution in [0.2, 0.25) is 0 Å². The molecule has 1 aliphatic carbocycles. The van der Waals surface area contributed by atoms with E-state index in [1.807, 2.05) is 13.0 Å². The molecule has 2 aliphatic rings. The van der Waals surface area contributed by atoms with Crippen LogP contribution in [0.4, 0.5) is 0 Å². The highest BCUT2D eigenvalue weighted by molar-refractivity contribution is 5.87. The van der Waals surface area contributed by atoms with Crippen LogP contribution >= 0.6 is 0 Å². The Bertz CT molecular complexity index is 1000. The van der Waals surface area contributed by atoms with E-state index >= 15 is 0 Å². The number of hydrogen-bond donors (Lipinski definition) is 1. The second kappa shape index (κ2) is 9.20. The molecule has 0 spiro atoms. The number of nitrogens with zero attached hydrogens (tertiary/aromatic N) is 1. The summed E-state index contributed by atoms with van der Waals surface area (Å²) in [7, 11) is 2.16. The second-order valence-electron chi connectivity index (χ2n) is 8.35. The standard InChI is InChI=1S/C25H30N2O4/c1-3-6-21(28)31-25-20(30-22(29)9-5-13-26)11-10-17-15-19-23-16(12-14-27(19)2)7-4-8-18(23)24(17)25/h4,7-8,10-11,19H,3,5-6,9,12-15,26H2,1-2H3. The maximum Gasteiger partial charge on any atom is 0.311 e. The quantitative estimate of drug-likeness (QED) is 0.540. The minimum Gasteiger partial charge on any atom is -0.422 e. The minimum atomic E-state index is -0.373. The largest absolute Gasteiger partial charge is 0.422 e. The molecule has 0 bridgehead atoms. The van der Waals surface area contributed by atoms with Gasteiger partial charge in [0.05, 0.1) is 0 Å². The predicted molar refractivity (Wildman–Crippen MR) is 119 cm³/mol. The highest BCUT2D eigenvalue weighted by Gasteiger charge is 2.35. The first-order valence-electron chi connectivity index (χ1n) is 11.1. The zero-order valence-electron chi connectivity index (χ0n) is 18.3. The molecule has 0 amide bonds. The van der Waals surface area contributed by atoms with E-state index in [1.165, 1.54) is 11.1 Å². The Morgan fingerprint density at radius 1 is 1.10 bits per heavy atom. The van der Waals surface area contributed by atoms with E-state index in [9.17, 15) is 9.59 Å². The topological polar surface area (TPSA) is 81.9 Å². The molecule has 1 atom stereocenters. The van der Waals surface area contributed by atoms with Crippen LogP contribution in [-0.4, -0.2) is 37.0 Å². The van der Waals surface area contributed by atoms with E-state index in [1.54, 1.807) is 6.07 Å². The van der Waals surface area contributed by atoms with E-state index in [4.69, 9.17) is 15.2 Å². The molecule has 6 heteroatoms. The van der Waals surface area contributed by atoms with Gasteiger partial charge in [-0.25, -0.2) is 0 Å². The van der Waals surface area contributed by atoms with Gasteiger partial charge in [0, 0.05) is 31.0 Å². The average Bonchev–Trinajstić information content (AvgIpc) is 2.76. The molecule has 0 radical (unpaired) electrons. The van der Waals surface area contributed by atoms with Crippen molar-refractivity contribution in [1.29, 1.82) is 0 Å². The highest BCUT2D eigenvalue weighted by atomic mass is 16.6. The molecule has 0 saturated heterocycles. The summed E-state index contributed by atoms with van der Waals surface area (Å²) in [6, 6.07) is 10.4. The van der Waals surface area contributed by atoms with Gasteiger partial charge in [0.25, 0.3) is 0 Å². The predicted octanol–water partition coefficient (Wildman–Crippen LogP) is 3.79. The molecule has 1 heterocycles. The van der Waals surface area contributed by atoms with E-state index in [0.29, 0.717) is 43.3 Å². The molecule has 2 aromatic rings. The number of fused-ring (bicyclic) bond motifs is 2. The maximum absolute atomic E-state index is 12.5. The number of likely N-dealkylation sites (N-methyl/N-ethyl adjacent to an activating group) is 1. The Hall–Kier alpha value is -2.70. The number of rotatable bonds is 7. The zero-order valence-corrected chi connectivity index (χ0v) is 18.3. The van der Waals surface area contributed by atoms with Crippen LogP contribution in [0.5, 0.6) is 11.5 Å². The van der Waals surface area contributed by atoms with E-state index < -0.39 is 0 Å². The number of carbonyl (C=O) groups is 2. The van der Waals surface area contributed by atoms with Crippen LogP contribution < -0.4 is 15.2 Å². The van der Waals surface area contributed by atoms with Gasteiger partial charge < -0.3 is 15.2 Å². The van der Waals surface area contributed by atoms with Crippen LogP contribution in [0, 0.1) is 0 Å². The first-order chi connectivity index (χ1) is 15.0. The third-order valence-electron chi connectivity index (χ3n) is 6.16. The Kier molecular flexibility index (Phi) is 6.39. The first-order valence-corrected chi connectivity index (χ1v) is 11.1. The molecular formula is C25H30N2O4. The van der Waals surface area contributed by atoms with E-state index in [-0.39, 0.29) is 18.4 Å². The van der Waals surface area contributed by atoms with Crippen molar-refractivity contribution in [2.75, 3.05) is 20.1 Å². The molecule has 1 aliphatic heterocycles. The van der Waals surface area contributed by atoms with Crippen molar-refractivity contribution in [3.05, 3.63) is 47.0 Å². The van der Waals surface area contributed by atoms with Crippen LogP contribution in [0.1, 0.15) is 55.3 Å². The van der Waals surface area contributed by atoms with Crippen molar-refractivity contribution in [3.63, 3.8) is 0 Å².